The molecule has 32 heavy (non-hydrogen) atoms. The second-order valence-corrected chi connectivity index (χ2v) is 9.08. The molecule has 0 heterocycles. The molecule has 0 aliphatic heterocycles. The highest BCUT2D eigenvalue weighted by Gasteiger charge is 2.13. The van der Waals surface area contributed by atoms with Crippen LogP contribution in [-0.2, 0) is 9.59 Å². The Balaban J connectivity index is 2.55. The Kier molecular flexibility index (Phi) is 14.3. The Hall–Kier alpha value is -2.17. The summed E-state index contributed by atoms with van der Waals surface area (Å²) in [6, 6.07) is 4.48. The third-order valence-corrected chi connectivity index (χ3v) is 5.79. The number of esters is 2. The number of rotatable bonds is 17. The van der Waals surface area contributed by atoms with Gasteiger partial charge in [0, 0.05) is 24.5 Å². The van der Waals surface area contributed by atoms with Gasteiger partial charge in [0.25, 0.3) is 0 Å². The number of ether oxygens (including phenoxy) is 2. The fraction of sp³-hybridized carbons (Fsp3) is 0.667. The molecule has 1 aromatic carbocycles. The maximum Gasteiger partial charge on any atom is 0.311 e. The van der Waals surface area contributed by atoms with Crippen molar-refractivity contribution >= 4 is 18.2 Å². The number of aldehydes is 1. The summed E-state index contributed by atoms with van der Waals surface area (Å²) in [6.45, 7) is 8.66. The Bertz CT molecular complexity index is 645. The third kappa shape index (κ3) is 12.6. The maximum absolute atomic E-state index is 12.2. The van der Waals surface area contributed by atoms with Crippen LogP contribution >= 0.6 is 0 Å². The van der Waals surface area contributed by atoms with Gasteiger partial charge in [-0.1, -0.05) is 79.1 Å². The molecule has 0 saturated heterocycles. The lowest BCUT2D eigenvalue weighted by Crippen LogP contribution is -2.12. The van der Waals surface area contributed by atoms with Crippen LogP contribution in [0.1, 0.15) is 115 Å². The molecule has 0 aliphatic rings. The standard InChI is InChI=1S/C27H42O5/c1-5-7-9-11-21(3)13-15-26(29)31-24-17-23(20-28)18-25(19-24)32-27(30)16-14-22(4)12-10-8-6-2/h17-22H,5-16H2,1-4H3. The number of hydrogen-bond donors (Lipinski definition) is 0. The van der Waals surface area contributed by atoms with Crippen LogP contribution in [0.2, 0.25) is 0 Å². The van der Waals surface area contributed by atoms with Crippen LogP contribution in [0.3, 0.4) is 0 Å². The van der Waals surface area contributed by atoms with E-state index in [0.29, 0.717) is 36.5 Å². The van der Waals surface area contributed by atoms with E-state index < -0.39 is 0 Å². The van der Waals surface area contributed by atoms with E-state index in [4.69, 9.17) is 9.47 Å². The van der Waals surface area contributed by atoms with Gasteiger partial charge in [-0.2, -0.15) is 0 Å². The summed E-state index contributed by atoms with van der Waals surface area (Å²) in [5, 5.41) is 0. The third-order valence-electron chi connectivity index (χ3n) is 5.79. The van der Waals surface area contributed by atoms with Crippen molar-refractivity contribution in [2.75, 3.05) is 0 Å². The predicted octanol–water partition coefficient (Wildman–Crippen LogP) is 7.30. The first-order valence-electron chi connectivity index (χ1n) is 12.4. The summed E-state index contributed by atoms with van der Waals surface area (Å²) in [7, 11) is 0. The number of benzene rings is 1. The van der Waals surface area contributed by atoms with Crippen molar-refractivity contribution < 1.29 is 23.9 Å². The van der Waals surface area contributed by atoms with Gasteiger partial charge in [-0.3, -0.25) is 14.4 Å². The minimum absolute atomic E-state index is 0.231. The zero-order valence-corrected chi connectivity index (χ0v) is 20.5. The molecule has 0 radical (unpaired) electrons. The van der Waals surface area contributed by atoms with Crippen LogP contribution in [0.25, 0.3) is 0 Å². The van der Waals surface area contributed by atoms with Gasteiger partial charge in [0.15, 0.2) is 0 Å². The smallest absolute Gasteiger partial charge is 0.311 e. The van der Waals surface area contributed by atoms with E-state index in [-0.39, 0.29) is 23.4 Å². The average molecular weight is 447 g/mol. The monoisotopic (exact) mass is 446 g/mol. The summed E-state index contributed by atoms with van der Waals surface area (Å²) in [5.74, 6) is 0.720. The Labute approximate surface area is 194 Å². The number of hydrogen-bond acceptors (Lipinski definition) is 5. The molecule has 5 heteroatoms. The first-order valence-corrected chi connectivity index (χ1v) is 12.4. The molecule has 0 fully saturated rings. The van der Waals surface area contributed by atoms with E-state index in [2.05, 4.69) is 27.7 Å². The number of unbranched alkanes of at least 4 members (excludes halogenated alkanes) is 4. The van der Waals surface area contributed by atoms with E-state index in [1.165, 1.54) is 56.7 Å². The normalized spacial score (nSPS) is 12.8. The second-order valence-electron chi connectivity index (χ2n) is 9.08. The van der Waals surface area contributed by atoms with Crippen LogP contribution in [0.4, 0.5) is 0 Å². The molecule has 0 aromatic heterocycles. The number of carbonyl (C=O) groups is 3. The van der Waals surface area contributed by atoms with Gasteiger partial charge in [-0.15, -0.1) is 0 Å². The van der Waals surface area contributed by atoms with E-state index in [1.54, 1.807) is 0 Å². The van der Waals surface area contributed by atoms with Crippen LogP contribution in [-0.4, -0.2) is 18.2 Å². The van der Waals surface area contributed by atoms with Gasteiger partial charge in [-0.25, -0.2) is 0 Å². The first-order chi connectivity index (χ1) is 15.4. The molecule has 1 rings (SSSR count). The Morgan fingerprint density at radius 3 is 1.56 bits per heavy atom. The lowest BCUT2D eigenvalue weighted by atomic mass is 9.98. The molecule has 5 nitrogen and oxygen atoms in total. The first kappa shape index (κ1) is 27.9. The fourth-order valence-corrected chi connectivity index (χ4v) is 3.65. The van der Waals surface area contributed by atoms with Crippen LogP contribution in [0, 0.1) is 11.8 Å². The van der Waals surface area contributed by atoms with Crippen molar-refractivity contribution in [2.24, 2.45) is 11.8 Å². The highest BCUT2D eigenvalue weighted by molar-refractivity contribution is 5.79. The molecule has 0 amide bonds. The van der Waals surface area contributed by atoms with E-state index >= 15 is 0 Å². The Morgan fingerprint density at radius 2 is 1.19 bits per heavy atom. The van der Waals surface area contributed by atoms with E-state index in [9.17, 15) is 14.4 Å². The maximum atomic E-state index is 12.2. The summed E-state index contributed by atoms with van der Waals surface area (Å²) in [5.41, 5.74) is 0.305. The van der Waals surface area contributed by atoms with Gasteiger partial charge in [0.2, 0.25) is 0 Å². The summed E-state index contributed by atoms with van der Waals surface area (Å²) in [4.78, 5) is 35.8. The fourth-order valence-electron chi connectivity index (χ4n) is 3.65. The van der Waals surface area contributed by atoms with Crippen molar-refractivity contribution in [1.82, 2.24) is 0 Å². The van der Waals surface area contributed by atoms with Crippen LogP contribution in [0.15, 0.2) is 18.2 Å². The molecule has 2 atom stereocenters. The summed E-state index contributed by atoms with van der Waals surface area (Å²) >= 11 is 0. The van der Waals surface area contributed by atoms with Crippen molar-refractivity contribution in [1.29, 1.82) is 0 Å². The Morgan fingerprint density at radius 1 is 0.750 bits per heavy atom. The number of carbonyl (C=O) groups excluding carboxylic acids is 3. The van der Waals surface area contributed by atoms with Crippen molar-refractivity contribution in [3.63, 3.8) is 0 Å². The molecular formula is C27H42O5. The van der Waals surface area contributed by atoms with Gasteiger partial charge in [0.1, 0.15) is 17.8 Å². The highest BCUT2D eigenvalue weighted by atomic mass is 16.5. The average Bonchev–Trinajstić information content (AvgIpc) is 2.76. The molecule has 0 aliphatic carbocycles. The van der Waals surface area contributed by atoms with Crippen LogP contribution in [0.5, 0.6) is 11.5 Å². The minimum atomic E-state index is -0.339. The SMILES string of the molecule is CCCCCC(C)CCC(=O)Oc1cc(C=O)cc(OC(=O)CCC(C)CCCCC)c1. The largest absolute Gasteiger partial charge is 0.426 e. The van der Waals surface area contributed by atoms with Gasteiger partial charge in [0.05, 0.1) is 0 Å². The zero-order chi connectivity index (χ0) is 23.8. The molecule has 2 unspecified atom stereocenters. The van der Waals surface area contributed by atoms with Crippen LogP contribution < -0.4 is 9.47 Å². The van der Waals surface area contributed by atoms with Gasteiger partial charge in [-0.05, 0) is 36.8 Å². The molecule has 0 saturated carbocycles. The lowest BCUT2D eigenvalue weighted by Gasteiger charge is -2.12. The molecule has 0 bridgehead atoms. The minimum Gasteiger partial charge on any atom is -0.426 e. The topological polar surface area (TPSA) is 69.7 Å². The highest BCUT2D eigenvalue weighted by Crippen LogP contribution is 2.24. The van der Waals surface area contributed by atoms with E-state index in [0.717, 1.165) is 25.7 Å². The molecule has 0 spiro atoms. The lowest BCUT2D eigenvalue weighted by molar-refractivity contribution is -0.135. The molecule has 1 aromatic rings. The zero-order valence-electron chi connectivity index (χ0n) is 20.5. The quantitative estimate of drug-likeness (QED) is 0.109. The molecular weight excluding hydrogens is 404 g/mol. The molecule has 0 N–H and O–H groups in total. The van der Waals surface area contributed by atoms with Crippen molar-refractivity contribution in [3.05, 3.63) is 23.8 Å². The summed E-state index contributed by atoms with van der Waals surface area (Å²) < 4.78 is 10.8. The molecule has 180 valence electrons. The van der Waals surface area contributed by atoms with Gasteiger partial charge < -0.3 is 9.47 Å². The van der Waals surface area contributed by atoms with Crippen molar-refractivity contribution in [3.8, 4) is 11.5 Å². The predicted molar refractivity (Wildman–Crippen MR) is 128 cm³/mol. The van der Waals surface area contributed by atoms with Crippen molar-refractivity contribution in [2.45, 2.75) is 105 Å². The second kappa shape index (κ2) is 16.5. The van der Waals surface area contributed by atoms with Gasteiger partial charge >= 0.3 is 11.9 Å². The summed E-state index contributed by atoms with van der Waals surface area (Å²) in [6.07, 6.45) is 12.2. The van der Waals surface area contributed by atoms with E-state index in [1.807, 2.05) is 0 Å².